The van der Waals surface area contributed by atoms with E-state index in [1.807, 2.05) is 6.92 Å². The van der Waals surface area contributed by atoms with Crippen LogP contribution in [0.5, 0.6) is 0 Å². The number of rotatable bonds is 16. The van der Waals surface area contributed by atoms with Crippen molar-refractivity contribution in [2.45, 2.75) is 78.0 Å². The Hall–Kier alpha value is -1.71. The van der Waals surface area contributed by atoms with Crippen LogP contribution in [0.4, 0.5) is 0 Å². The van der Waals surface area contributed by atoms with Gasteiger partial charge >= 0.3 is 0 Å². The van der Waals surface area contributed by atoms with Crippen LogP contribution in [-0.2, 0) is 19.1 Å². The molecule has 0 aromatic carbocycles. The molecule has 3 amide bonds. The van der Waals surface area contributed by atoms with Gasteiger partial charge in [-0.3, -0.25) is 14.4 Å². The molecule has 0 heterocycles. The minimum absolute atomic E-state index is 0.00484. The Morgan fingerprint density at radius 2 is 1.77 bits per heavy atom. The summed E-state index contributed by atoms with van der Waals surface area (Å²) in [6.07, 6.45) is 1.74. The molecule has 9 nitrogen and oxygen atoms in total. The number of carbonyl (C=O) groups is 3. The molecule has 0 spiro atoms. The largest absolute Gasteiger partial charge is 0.390 e. The highest BCUT2D eigenvalue weighted by atomic mass is 16.5. The highest BCUT2D eigenvalue weighted by Crippen LogP contribution is 2.15. The van der Waals surface area contributed by atoms with Crippen molar-refractivity contribution in [3.63, 3.8) is 0 Å². The van der Waals surface area contributed by atoms with E-state index in [1.165, 1.54) is 11.9 Å². The molecule has 2 atom stereocenters. The number of primary amides is 1. The van der Waals surface area contributed by atoms with Gasteiger partial charge in [0.2, 0.25) is 17.7 Å². The van der Waals surface area contributed by atoms with Crippen molar-refractivity contribution in [2.75, 3.05) is 39.9 Å². The Bertz CT molecular complexity index is 532. The van der Waals surface area contributed by atoms with Gasteiger partial charge in [-0.2, -0.15) is 0 Å². The molecular weight excluding hydrogens is 388 g/mol. The third-order valence-corrected chi connectivity index (χ3v) is 4.89. The lowest BCUT2D eigenvalue weighted by atomic mass is 9.97. The van der Waals surface area contributed by atoms with Crippen LogP contribution in [0.15, 0.2) is 0 Å². The number of hydrogen-bond donors (Lipinski definition) is 3. The Morgan fingerprint density at radius 1 is 1.17 bits per heavy atom. The lowest BCUT2D eigenvalue weighted by Gasteiger charge is -2.32. The number of hydrogen-bond acceptors (Lipinski definition) is 6. The minimum Gasteiger partial charge on any atom is -0.390 e. The van der Waals surface area contributed by atoms with Crippen LogP contribution >= 0.6 is 0 Å². The summed E-state index contributed by atoms with van der Waals surface area (Å²) in [6, 6.07) is -1.92. The average Bonchev–Trinajstić information content (AvgIpc) is 2.66. The molecule has 0 fully saturated rings. The molecule has 0 aromatic heterocycles. The van der Waals surface area contributed by atoms with Crippen molar-refractivity contribution in [1.82, 2.24) is 15.1 Å². The summed E-state index contributed by atoms with van der Waals surface area (Å²) in [7, 11) is 1.45. The van der Waals surface area contributed by atoms with Crippen LogP contribution in [-0.4, -0.2) is 90.2 Å². The van der Waals surface area contributed by atoms with E-state index in [1.54, 1.807) is 13.8 Å². The molecule has 30 heavy (non-hydrogen) atoms. The second kappa shape index (κ2) is 14.3. The lowest BCUT2D eigenvalue weighted by Crippen LogP contribution is -2.56. The van der Waals surface area contributed by atoms with Gasteiger partial charge in [-0.1, -0.05) is 20.8 Å². The van der Waals surface area contributed by atoms with Crippen LogP contribution in [0.2, 0.25) is 0 Å². The van der Waals surface area contributed by atoms with E-state index in [4.69, 9.17) is 10.5 Å². The first-order valence-corrected chi connectivity index (χ1v) is 10.8. The van der Waals surface area contributed by atoms with Crippen molar-refractivity contribution in [2.24, 2.45) is 5.73 Å². The van der Waals surface area contributed by atoms with Gasteiger partial charge in [-0.25, -0.2) is 0 Å². The second-order valence-corrected chi connectivity index (χ2v) is 8.21. The molecule has 4 N–H and O–H groups in total. The molecule has 0 aromatic rings. The SMILES string of the molecule is CCCC(=O)N[C@H](COCCCN(CC)CC)C(=O)N(C)[C@@H](CC(C)(C)O)C(N)=O. The number of ether oxygens (including phenoxy) is 1. The summed E-state index contributed by atoms with van der Waals surface area (Å²) >= 11 is 0. The Labute approximate surface area is 181 Å². The molecule has 9 heteroatoms. The number of aliphatic hydroxyl groups is 1. The van der Waals surface area contributed by atoms with Crippen LogP contribution in [0.25, 0.3) is 0 Å². The van der Waals surface area contributed by atoms with Gasteiger partial charge in [0.05, 0.1) is 12.2 Å². The number of nitrogens with two attached hydrogens (primary N) is 1. The van der Waals surface area contributed by atoms with Gasteiger partial charge in [-0.05, 0) is 39.8 Å². The first-order chi connectivity index (χ1) is 14.0. The second-order valence-electron chi connectivity index (χ2n) is 8.21. The molecule has 0 aliphatic carbocycles. The molecule has 176 valence electrons. The molecule has 0 aliphatic rings. The summed E-state index contributed by atoms with van der Waals surface area (Å²) < 4.78 is 5.67. The zero-order chi connectivity index (χ0) is 23.3. The normalized spacial score (nSPS) is 13.7. The van der Waals surface area contributed by atoms with Gasteiger partial charge in [0.1, 0.15) is 12.1 Å². The predicted octanol–water partition coefficient (Wildman–Crippen LogP) is 0.493. The van der Waals surface area contributed by atoms with Crippen molar-refractivity contribution in [3.05, 3.63) is 0 Å². The third-order valence-electron chi connectivity index (χ3n) is 4.89. The van der Waals surface area contributed by atoms with Gasteiger partial charge in [0.15, 0.2) is 0 Å². The summed E-state index contributed by atoms with van der Waals surface area (Å²) in [5, 5.41) is 12.8. The number of carbonyl (C=O) groups excluding carboxylic acids is 3. The number of amides is 3. The van der Waals surface area contributed by atoms with E-state index in [0.717, 1.165) is 26.1 Å². The van der Waals surface area contributed by atoms with Crippen LogP contribution < -0.4 is 11.1 Å². The molecule has 0 saturated heterocycles. The Morgan fingerprint density at radius 3 is 2.23 bits per heavy atom. The predicted molar refractivity (Wildman–Crippen MR) is 117 cm³/mol. The summed E-state index contributed by atoms with van der Waals surface area (Å²) in [5.74, 6) is -1.45. The quantitative estimate of drug-likeness (QED) is 0.306. The van der Waals surface area contributed by atoms with Crippen molar-refractivity contribution >= 4 is 17.7 Å². The maximum absolute atomic E-state index is 13.0. The molecule has 0 unspecified atom stereocenters. The van der Waals surface area contributed by atoms with Gasteiger partial charge < -0.3 is 30.7 Å². The summed E-state index contributed by atoms with van der Waals surface area (Å²) in [6.45, 7) is 12.4. The zero-order valence-electron chi connectivity index (χ0n) is 19.6. The molecule has 0 bridgehead atoms. The monoisotopic (exact) mass is 430 g/mol. The fraction of sp³-hybridized carbons (Fsp3) is 0.857. The lowest BCUT2D eigenvalue weighted by molar-refractivity contribution is -0.144. The van der Waals surface area contributed by atoms with Crippen LogP contribution in [0, 0.1) is 0 Å². The zero-order valence-corrected chi connectivity index (χ0v) is 19.6. The molecular formula is C21H42N4O5. The number of likely N-dealkylation sites (N-methyl/N-ethyl adjacent to an activating group) is 1. The number of nitrogens with one attached hydrogen (secondary N) is 1. The number of nitrogens with zero attached hydrogens (tertiary/aromatic N) is 2. The Kier molecular flexibility index (Phi) is 13.5. The molecule has 0 aliphatic heterocycles. The van der Waals surface area contributed by atoms with Crippen molar-refractivity contribution < 1.29 is 24.2 Å². The van der Waals surface area contributed by atoms with E-state index in [2.05, 4.69) is 24.1 Å². The first kappa shape index (κ1) is 28.3. The van der Waals surface area contributed by atoms with Crippen molar-refractivity contribution in [3.8, 4) is 0 Å². The van der Waals surface area contributed by atoms with E-state index < -0.39 is 29.5 Å². The summed E-state index contributed by atoms with van der Waals surface area (Å²) in [5.41, 5.74) is 4.27. The van der Waals surface area contributed by atoms with Gasteiger partial charge in [0.25, 0.3) is 0 Å². The van der Waals surface area contributed by atoms with E-state index in [-0.39, 0.29) is 18.9 Å². The fourth-order valence-electron chi connectivity index (χ4n) is 3.10. The highest BCUT2D eigenvalue weighted by molar-refractivity contribution is 5.91. The topological polar surface area (TPSA) is 125 Å². The molecule has 0 saturated carbocycles. The van der Waals surface area contributed by atoms with Crippen LogP contribution in [0.3, 0.4) is 0 Å². The highest BCUT2D eigenvalue weighted by Gasteiger charge is 2.34. The first-order valence-electron chi connectivity index (χ1n) is 10.8. The van der Waals surface area contributed by atoms with Crippen LogP contribution in [0.1, 0.15) is 60.3 Å². The van der Waals surface area contributed by atoms with Gasteiger partial charge in [-0.15, -0.1) is 0 Å². The standard InChI is InChI=1S/C21H42N4O5/c1-7-11-18(26)23-16(15-30-13-10-12-25(8-2)9-3)20(28)24(6)17(19(22)27)14-21(4,5)29/h16-17,29H,7-15H2,1-6H3,(H2,22,27)(H,23,26)/t16-,17+/m1/s1. The van der Waals surface area contributed by atoms with Crippen molar-refractivity contribution in [1.29, 1.82) is 0 Å². The van der Waals surface area contributed by atoms with E-state index in [9.17, 15) is 19.5 Å². The maximum atomic E-state index is 13.0. The fourth-order valence-corrected chi connectivity index (χ4v) is 3.10. The minimum atomic E-state index is -1.18. The third kappa shape index (κ3) is 11.5. The van der Waals surface area contributed by atoms with E-state index in [0.29, 0.717) is 19.4 Å². The van der Waals surface area contributed by atoms with E-state index >= 15 is 0 Å². The van der Waals surface area contributed by atoms with Gasteiger partial charge in [0, 0.05) is 33.0 Å². The molecule has 0 rings (SSSR count). The summed E-state index contributed by atoms with van der Waals surface area (Å²) in [4.78, 5) is 40.5. The smallest absolute Gasteiger partial charge is 0.247 e. The molecule has 0 radical (unpaired) electrons. The maximum Gasteiger partial charge on any atom is 0.247 e. The average molecular weight is 431 g/mol. The Balaban J connectivity index is 5.08.